The molecule has 1 aromatic rings. The lowest BCUT2D eigenvalue weighted by Gasteiger charge is -2.23. The molecule has 0 N–H and O–H groups in total. The SMILES string of the molecule is CCCCC(CC(CC)C(=O)Oc1cccnc1)C(F)(F)F. The zero-order valence-electron chi connectivity index (χ0n) is 12.9. The van der Waals surface area contributed by atoms with Crippen molar-refractivity contribution < 1.29 is 22.7 Å². The molecular weight excluding hydrogens is 295 g/mol. The maximum atomic E-state index is 13.1. The highest BCUT2D eigenvalue weighted by molar-refractivity contribution is 5.74. The van der Waals surface area contributed by atoms with Crippen LogP contribution in [0.15, 0.2) is 24.5 Å². The van der Waals surface area contributed by atoms with Crippen LogP contribution in [0.25, 0.3) is 0 Å². The fourth-order valence-electron chi connectivity index (χ4n) is 2.25. The number of pyridine rings is 1. The van der Waals surface area contributed by atoms with Gasteiger partial charge in [0.25, 0.3) is 0 Å². The second-order valence-electron chi connectivity index (χ2n) is 5.33. The number of halogens is 3. The minimum absolute atomic E-state index is 0.0523. The van der Waals surface area contributed by atoms with Crippen molar-refractivity contribution in [2.45, 2.75) is 52.1 Å². The second-order valence-corrected chi connectivity index (χ2v) is 5.33. The lowest BCUT2D eigenvalue weighted by atomic mass is 9.88. The number of unbranched alkanes of at least 4 members (excludes halogenated alkanes) is 1. The number of hydrogen-bond acceptors (Lipinski definition) is 3. The largest absolute Gasteiger partial charge is 0.425 e. The van der Waals surface area contributed by atoms with Gasteiger partial charge in [-0.1, -0.05) is 26.7 Å². The quantitative estimate of drug-likeness (QED) is 0.648. The maximum absolute atomic E-state index is 13.1. The van der Waals surface area contributed by atoms with Gasteiger partial charge in [-0.25, -0.2) is 0 Å². The molecular formula is C16H22F3NO2. The van der Waals surface area contributed by atoms with Crippen molar-refractivity contribution in [3.63, 3.8) is 0 Å². The molecule has 0 aliphatic rings. The third kappa shape index (κ3) is 6.03. The minimum atomic E-state index is -4.28. The molecule has 0 aromatic carbocycles. The van der Waals surface area contributed by atoms with Crippen LogP contribution in [0, 0.1) is 11.8 Å². The average molecular weight is 317 g/mol. The van der Waals surface area contributed by atoms with Gasteiger partial charge in [0.05, 0.1) is 18.0 Å². The van der Waals surface area contributed by atoms with E-state index in [9.17, 15) is 18.0 Å². The van der Waals surface area contributed by atoms with E-state index in [0.29, 0.717) is 19.3 Å². The van der Waals surface area contributed by atoms with Gasteiger partial charge in [-0.15, -0.1) is 0 Å². The molecule has 0 amide bonds. The van der Waals surface area contributed by atoms with E-state index in [-0.39, 0.29) is 18.6 Å². The lowest BCUT2D eigenvalue weighted by Crippen LogP contribution is -2.30. The fourth-order valence-corrected chi connectivity index (χ4v) is 2.25. The molecule has 0 aliphatic heterocycles. The Labute approximate surface area is 128 Å². The molecule has 0 spiro atoms. The van der Waals surface area contributed by atoms with Crippen LogP contribution in [-0.4, -0.2) is 17.1 Å². The number of carbonyl (C=O) groups excluding carboxylic acids is 1. The van der Waals surface area contributed by atoms with Crippen LogP contribution in [0.3, 0.4) is 0 Å². The first kappa shape index (κ1) is 18.5. The van der Waals surface area contributed by atoms with Crippen molar-refractivity contribution in [2.75, 3.05) is 0 Å². The first-order chi connectivity index (χ1) is 10.4. The Morgan fingerprint density at radius 1 is 1.36 bits per heavy atom. The van der Waals surface area contributed by atoms with Crippen molar-refractivity contribution >= 4 is 5.97 Å². The monoisotopic (exact) mass is 317 g/mol. The van der Waals surface area contributed by atoms with Crippen LogP contribution < -0.4 is 4.74 Å². The van der Waals surface area contributed by atoms with Gasteiger partial charge in [-0.2, -0.15) is 13.2 Å². The number of alkyl halides is 3. The summed E-state index contributed by atoms with van der Waals surface area (Å²) in [5.41, 5.74) is 0. The molecule has 1 heterocycles. The zero-order valence-corrected chi connectivity index (χ0v) is 12.9. The number of rotatable bonds is 8. The number of aromatic nitrogens is 1. The topological polar surface area (TPSA) is 39.2 Å². The molecule has 6 heteroatoms. The van der Waals surface area contributed by atoms with Gasteiger partial charge in [0.2, 0.25) is 0 Å². The van der Waals surface area contributed by atoms with Crippen molar-refractivity contribution in [3.05, 3.63) is 24.5 Å². The number of hydrogen-bond donors (Lipinski definition) is 0. The molecule has 0 radical (unpaired) electrons. The molecule has 0 aliphatic carbocycles. The van der Waals surface area contributed by atoms with E-state index in [0.717, 1.165) is 0 Å². The van der Waals surface area contributed by atoms with E-state index < -0.39 is 24.0 Å². The summed E-state index contributed by atoms with van der Waals surface area (Å²) in [6.07, 6.45) is -0.0471. The van der Waals surface area contributed by atoms with E-state index in [1.807, 2.05) is 6.92 Å². The van der Waals surface area contributed by atoms with E-state index >= 15 is 0 Å². The molecule has 0 saturated carbocycles. The van der Waals surface area contributed by atoms with Crippen LogP contribution in [0.4, 0.5) is 13.2 Å². The fraction of sp³-hybridized carbons (Fsp3) is 0.625. The Balaban J connectivity index is 2.70. The smallest absolute Gasteiger partial charge is 0.391 e. The van der Waals surface area contributed by atoms with E-state index in [1.165, 1.54) is 12.4 Å². The van der Waals surface area contributed by atoms with E-state index in [2.05, 4.69) is 4.98 Å². The summed E-state index contributed by atoms with van der Waals surface area (Å²) in [6, 6.07) is 3.15. The van der Waals surface area contributed by atoms with Crippen LogP contribution in [0.1, 0.15) is 46.0 Å². The van der Waals surface area contributed by atoms with Crippen molar-refractivity contribution in [1.29, 1.82) is 0 Å². The van der Waals surface area contributed by atoms with Crippen molar-refractivity contribution in [1.82, 2.24) is 4.98 Å². The Morgan fingerprint density at radius 2 is 2.09 bits per heavy atom. The third-order valence-corrected chi connectivity index (χ3v) is 3.62. The number of carbonyl (C=O) groups is 1. The Kier molecular flexibility index (Phi) is 7.35. The van der Waals surface area contributed by atoms with Crippen LogP contribution in [0.2, 0.25) is 0 Å². The molecule has 3 nitrogen and oxygen atoms in total. The molecule has 0 bridgehead atoms. The molecule has 2 atom stereocenters. The summed E-state index contributed by atoms with van der Waals surface area (Å²) in [7, 11) is 0. The normalized spacial score (nSPS) is 14.4. The van der Waals surface area contributed by atoms with Crippen LogP contribution in [-0.2, 0) is 4.79 Å². The van der Waals surface area contributed by atoms with Gasteiger partial charge in [0, 0.05) is 6.20 Å². The number of nitrogens with zero attached hydrogens (tertiary/aromatic N) is 1. The maximum Gasteiger partial charge on any atom is 0.391 e. The molecule has 22 heavy (non-hydrogen) atoms. The predicted molar refractivity (Wildman–Crippen MR) is 77.3 cm³/mol. The van der Waals surface area contributed by atoms with E-state index in [4.69, 9.17) is 4.74 Å². The van der Waals surface area contributed by atoms with Gasteiger partial charge < -0.3 is 4.74 Å². The first-order valence-corrected chi connectivity index (χ1v) is 7.56. The molecule has 124 valence electrons. The minimum Gasteiger partial charge on any atom is -0.425 e. The summed E-state index contributed by atoms with van der Waals surface area (Å²) >= 11 is 0. The number of ether oxygens (including phenoxy) is 1. The highest BCUT2D eigenvalue weighted by Gasteiger charge is 2.41. The summed E-state index contributed by atoms with van der Waals surface area (Å²) in [5, 5.41) is 0. The van der Waals surface area contributed by atoms with Gasteiger partial charge in [-0.3, -0.25) is 9.78 Å². The molecule has 2 unspecified atom stereocenters. The average Bonchev–Trinajstić information content (AvgIpc) is 2.47. The Morgan fingerprint density at radius 3 is 2.59 bits per heavy atom. The summed E-state index contributed by atoms with van der Waals surface area (Å²) < 4.78 is 44.3. The Hall–Kier alpha value is -1.59. The van der Waals surface area contributed by atoms with Crippen molar-refractivity contribution in [3.8, 4) is 5.75 Å². The van der Waals surface area contributed by atoms with Gasteiger partial charge in [0.15, 0.2) is 0 Å². The molecule has 1 rings (SSSR count). The lowest BCUT2D eigenvalue weighted by molar-refractivity contribution is -0.183. The van der Waals surface area contributed by atoms with Gasteiger partial charge >= 0.3 is 12.1 Å². The molecule has 1 aromatic heterocycles. The molecule has 0 fully saturated rings. The molecule has 0 saturated heterocycles. The highest BCUT2D eigenvalue weighted by Crippen LogP contribution is 2.36. The van der Waals surface area contributed by atoms with Crippen molar-refractivity contribution in [2.24, 2.45) is 11.8 Å². The van der Waals surface area contributed by atoms with Crippen LogP contribution >= 0.6 is 0 Å². The summed E-state index contributed by atoms with van der Waals surface area (Å²) in [4.78, 5) is 15.9. The third-order valence-electron chi connectivity index (χ3n) is 3.62. The van der Waals surface area contributed by atoms with Gasteiger partial charge in [-0.05, 0) is 31.4 Å². The van der Waals surface area contributed by atoms with Crippen LogP contribution in [0.5, 0.6) is 5.75 Å². The summed E-state index contributed by atoms with van der Waals surface area (Å²) in [6.45, 7) is 3.55. The first-order valence-electron chi connectivity index (χ1n) is 7.56. The zero-order chi connectivity index (χ0) is 16.6. The predicted octanol–water partition coefficient (Wildman–Crippen LogP) is 4.77. The highest BCUT2D eigenvalue weighted by atomic mass is 19.4. The second kappa shape index (κ2) is 8.76. The van der Waals surface area contributed by atoms with E-state index in [1.54, 1.807) is 19.1 Å². The standard InChI is InChI=1S/C16H22F3NO2/c1-3-5-7-13(16(17,18)19)10-12(4-2)15(21)22-14-8-6-9-20-11-14/h6,8-9,11-13H,3-5,7,10H2,1-2H3. The summed E-state index contributed by atoms with van der Waals surface area (Å²) in [5.74, 6) is -2.59. The number of esters is 1. The Bertz CT molecular complexity index is 448. The van der Waals surface area contributed by atoms with Gasteiger partial charge in [0.1, 0.15) is 5.75 Å².